The van der Waals surface area contributed by atoms with Gasteiger partial charge in [-0.1, -0.05) is 0 Å². The Kier molecular flexibility index (Phi) is 4.35. The van der Waals surface area contributed by atoms with Crippen LogP contribution in [-0.2, 0) is 0 Å². The average molecular weight is 279 g/mol. The molecular formula is C16H26FN3. The van der Waals surface area contributed by atoms with E-state index in [2.05, 4.69) is 30.7 Å². The summed E-state index contributed by atoms with van der Waals surface area (Å²) in [6.45, 7) is 10.1. The lowest BCUT2D eigenvalue weighted by molar-refractivity contribution is 0.170. The molecule has 1 fully saturated rings. The van der Waals surface area contributed by atoms with Crippen LogP contribution in [-0.4, -0.2) is 37.1 Å². The number of piperazine rings is 1. The van der Waals surface area contributed by atoms with Gasteiger partial charge in [-0.25, -0.2) is 4.39 Å². The number of nitrogens with two attached hydrogens (primary N) is 1. The molecule has 20 heavy (non-hydrogen) atoms. The minimum Gasteiger partial charge on any atom is -0.368 e. The molecule has 0 bridgehead atoms. The Hall–Kier alpha value is -1.13. The van der Waals surface area contributed by atoms with Crippen molar-refractivity contribution in [3.8, 4) is 0 Å². The Morgan fingerprint density at radius 3 is 2.30 bits per heavy atom. The average Bonchev–Trinajstić information content (AvgIpc) is 2.37. The maximum atomic E-state index is 13.8. The van der Waals surface area contributed by atoms with Gasteiger partial charge in [-0.05, 0) is 58.0 Å². The second kappa shape index (κ2) is 5.70. The Morgan fingerprint density at radius 2 is 1.80 bits per heavy atom. The predicted molar refractivity (Wildman–Crippen MR) is 82.6 cm³/mol. The summed E-state index contributed by atoms with van der Waals surface area (Å²) in [6, 6.07) is 4.34. The van der Waals surface area contributed by atoms with Gasteiger partial charge >= 0.3 is 0 Å². The maximum Gasteiger partial charge on any atom is 0.126 e. The number of rotatable bonds is 2. The second-order valence-corrected chi connectivity index (χ2v) is 6.22. The quantitative estimate of drug-likeness (QED) is 0.903. The van der Waals surface area contributed by atoms with Crippen molar-refractivity contribution in [1.82, 2.24) is 4.90 Å². The minimum absolute atomic E-state index is 0.162. The molecule has 0 saturated carbocycles. The summed E-state index contributed by atoms with van der Waals surface area (Å²) in [7, 11) is 2.16. The van der Waals surface area contributed by atoms with Crippen LogP contribution in [0.15, 0.2) is 12.1 Å². The topological polar surface area (TPSA) is 32.5 Å². The van der Waals surface area contributed by atoms with Crippen LogP contribution < -0.4 is 10.6 Å². The van der Waals surface area contributed by atoms with E-state index in [4.69, 9.17) is 5.73 Å². The van der Waals surface area contributed by atoms with Crippen molar-refractivity contribution >= 4 is 5.69 Å². The predicted octanol–water partition coefficient (Wildman–Crippen LogP) is 2.68. The van der Waals surface area contributed by atoms with Crippen molar-refractivity contribution in [2.75, 3.05) is 25.0 Å². The molecule has 1 heterocycles. The third-order valence-electron chi connectivity index (χ3n) is 4.50. The summed E-state index contributed by atoms with van der Waals surface area (Å²) >= 11 is 0. The number of likely N-dealkylation sites (N-methyl/N-ethyl adjacent to an activating group) is 1. The highest BCUT2D eigenvalue weighted by atomic mass is 19.1. The van der Waals surface area contributed by atoms with Crippen molar-refractivity contribution in [3.05, 3.63) is 29.1 Å². The number of halogens is 1. The first kappa shape index (κ1) is 15.3. The molecule has 2 unspecified atom stereocenters. The zero-order valence-electron chi connectivity index (χ0n) is 13.2. The molecule has 3 atom stereocenters. The van der Waals surface area contributed by atoms with E-state index in [0.717, 1.165) is 24.3 Å². The van der Waals surface area contributed by atoms with E-state index in [0.29, 0.717) is 17.6 Å². The van der Waals surface area contributed by atoms with Crippen LogP contribution in [0.4, 0.5) is 10.1 Å². The zero-order valence-corrected chi connectivity index (χ0v) is 13.2. The highest BCUT2D eigenvalue weighted by molar-refractivity contribution is 5.57. The van der Waals surface area contributed by atoms with Gasteiger partial charge < -0.3 is 10.6 Å². The number of nitrogens with zero attached hydrogens (tertiary/aromatic N) is 2. The molecule has 3 nitrogen and oxygen atoms in total. The van der Waals surface area contributed by atoms with Crippen molar-refractivity contribution in [3.63, 3.8) is 0 Å². The molecule has 1 aromatic carbocycles. The van der Waals surface area contributed by atoms with Gasteiger partial charge in [-0.3, -0.25) is 4.90 Å². The molecule has 1 aliphatic heterocycles. The van der Waals surface area contributed by atoms with Crippen LogP contribution in [0.2, 0.25) is 0 Å². The van der Waals surface area contributed by atoms with Crippen LogP contribution in [0.5, 0.6) is 0 Å². The summed E-state index contributed by atoms with van der Waals surface area (Å²) in [5.41, 5.74) is 8.71. The van der Waals surface area contributed by atoms with E-state index in [1.54, 1.807) is 6.07 Å². The number of hydrogen-bond donors (Lipinski definition) is 1. The normalized spacial score (nSPS) is 25.9. The highest BCUT2D eigenvalue weighted by Gasteiger charge is 2.28. The molecule has 4 heteroatoms. The van der Waals surface area contributed by atoms with Gasteiger partial charge in [0.25, 0.3) is 0 Å². The molecule has 1 aliphatic rings. The van der Waals surface area contributed by atoms with Gasteiger partial charge in [-0.15, -0.1) is 0 Å². The molecule has 2 N–H and O–H groups in total. The van der Waals surface area contributed by atoms with Crippen LogP contribution in [0.25, 0.3) is 0 Å². The lowest BCUT2D eigenvalue weighted by atomic mass is 10.00. The molecule has 0 amide bonds. The Bertz CT molecular complexity index is 475. The fraction of sp³-hybridized carbons (Fsp3) is 0.625. The van der Waals surface area contributed by atoms with E-state index in [-0.39, 0.29) is 11.9 Å². The number of aryl methyl sites for hydroxylation is 1. The highest BCUT2D eigenvalue weighted by Crippen LogP contribution is 2.30. The first-order valence-electron chi connectivity index (χ1n) is 7.33. The van der Waals surface area contributed by atoms with E-state index >= 15 is 0 Å². The van der Waals surface area contributed by atoms with Crippen LogP contribution >= 0.6 is 0 Å². The van der Waals surface area contributed by atoms with Crippen LogP contribution in [0.3, 0.4) is 0 Å². The number of hydrogen-bond acceptors (Lipinski definition) is 3. The fourth-order valence-corrected chi connectivity index (χ4v) is 2.92. The Labute approximate surface area is 121 Å². The van der Waals surface area contributed by atoms with Crippen molar-refractivity contribution < 1.29 is 4.39 Å². The molecule has 0 radical (unpaired) electrons. The molecule has 112 valence electrons. The number of benzene rings is 1. The first-order chi connectivity index (χ1) is 9.31. The molecule has 2 rings (SSSR count). The Balaban J connectivity index is 2.39. The minimum atomic E-state index is -0.170. The number of anilines is 1. The summed E-state index contributed by atoms with van der Waals surface area (Å²) in [5.74, 6) is -0.170. The van der Waals surface area contributed by atoms with Gasteiger partial charge in [0.2, 0.25) is 0 Å². The lowest BCUT2D eigenvalue weighted by Crippen LogP contribution is -2.55. The van der Waals surface area contributed by atoms with Gasteiger partial charge in [0, 0.05) is 36.9 Å². The van der Waals surface area contributed by atoms with Gasteiger partial charge in [0.1, 0.15) is 5.82 Å². The van der Waals surface area contributed by atoms with Crippen LogP contribution in [0.1, 0.15) is 37.9 Å². The van der Waals surface area contributed by atoms with E-state index in [1.807, 2.05) is 19.9 Å². The fourth-order valence-electron chi connectivity index (χ4n) is 2.92. The monoisotopic (exact) mass is 279 g/mol. The molecule has 0 aromatic heterocycles. The largest absolute Gasteiger partial charge is 0.368 e. The van der Waals surface area contributed by atoms with Gasteiger partial charge in [0.05, 0.1) is 0 Å². The van der Waals surface area contributed by atoms with Crippen molar-refractivity contribution in [2.45, 2.75) is 45.8 Å². The lowest BCUT2D eigenvalue weighted by Gasteiger charge is -2.44. The standard InChI is InChI=1S/C16H26FN3/c1-10-6-16(14(13(4)18)7-15(10)17)20-8-11(2)19(5)12(3)9-20/h6-7,11-13H,8-9,18H2,1-5H3/t11?,12?,13-/m1/s1. The third-order valence-corrected chi connectivity index (χ3v) is 4.50. The van der Waals surface area contributed by atoms with Gasteiger partial charge in [0.15, 0.2) is 0 Å². The molecule has 0 aliphatic carbocycles. The smallest absolute Gasteiger partial charge is 0.126 e. The molecular weight excluding hydrogens is 253 g/mol. The molecule has 1 aromatic rings. The molecule has 0 spiro atoms. The Morgan fingerprint density at radius 1 is 1.25 bits per heavy atom. The van der Waals surface area contributed by atoms with Gasteiger partial charge in [-0.2, -0.15) is 0 Å². The summed E-state index contributed by atoms with van der Waals surface area (Å²) < 4.78 is 13.8. The summed E-state index contributed by atoms with van der Waals surface area (Å²) in [4.78, 5) is 4.74. The van der Waals surface area contributed by atoms with E-state index in [1.165, 1.54) is 0 Å². The summed E-state index contributed by atoms with van der Waals surface area (Å²) in [5, 5.41) is 0. The SMILES string of the molecule is Cc1cc(N2CC(C)N(C)C(C)C2)c([C@@H](C)N)cc1F. The second-order valence-electron chi connectivity index (χ2n) is 6.22. The van der Waals surface area contributed by atoms with Crippen molar-refractivity contribution in [1.29, 1.82) is 0 Å². The maximum absolute atomic E-state index is 13.8. The van der Waals surface area contributed by atoms with Crippen molar-refractivity contribution in [2.24, 2.45) is 5.73 Å². The summed E-state index contributed by atoms with van der Waals surface area (Å²) in [6.07, 6.45) is 0. The van der Waals surface area contributed by atoms with E-state index in [9.17, 15) is 4.39 Å². The van der Waals surface area contributed by atoms with E-state index < -0.39 is 0 Å². The zero-order chi connectivity index (χ0) is 15.0. The van der Waals surface area contributed by atoms with Crippen LogP contribution in [0, 0.1) is 12.7 Å². The third kappa shape index (κ3) is 2.81. The first-order valence-corrected chi connectivity index (χ1v) is 7.33. The molecule has 1 saturated heterocycles.